The number of ether oxygens (including phenoxy) is 4. The summed E-state index contributed by atoms with van der Waals surface area (Å²) in [6, 6.07) is 10.4. The Kier molecular flexibility index (Phi) is 5.54. The molecule has 1 atom stereocenters. The Labute approximate surface area is 162 Å². The Hall–Kier alpha value is -3.48. The maximum absolute atomic E-state index is 12.8. The number of Topliss-reactive ketones (excluding diaryl/α,β-unsaturated/α-hetero) is 1. The number of hydrogen-bond acceptors (Lipinski definition) is 6. The summed E-state index contributed by atoms with van der Waals surface area (Å²) in [5.41, 5.74) is 1.50. The minimum Gasteiger partial charge on any atom is -0.493 e. The molecule has 0 fully saturated rings. The lowest BCUT2D eigenvalue weighted by molar-refractivity contribution is 0.0318. The van der Waals surface area contributed by atoms with Crippen LogP contribution in [0.5, 0.6) is 17.2 Å². The van der Waals surface area contributed by atoms with E-state index in [1.165, 1.54) is 33.5 Å². The van der Waals surface area contributed by atoms with Gasteiger partial charge in [-0.15, -0.1) is 0 Å². The smallest absolute Gasteiger partial charge is 0.339 e. The molecule has 0 aliphatic heterocycles. The molecule has 0 aliphatic rings. The average molecular weight is 383 g/mol. The SMILES string of the molecule is COc1cc(C(=O)OC(C)C(=O)c2c[nH]c3ccccc23)cc(OC)c1OC. The molecule has 146 valence electrons. The van der Waals surface area contributed by atoms with Gasteiger partial charge in [0.2, 0.25) is 11.5 Å². The number of nitrogens with one attached hydrogen (secondary N) is 1. The highest BCUT2D eigenvalue weighted by Gasteiger charge is 2.24. The number of carbonyl (C=O) groups is 2. The molecule has 1 heterocycles. The molecule has 0 bridgehead atoms. The quantitative estimate of drug-likeness (QED) is 0.495. The van der Waals surface area contributed by atoms with Gasteiger partial charge in [-0.05, 0) is 25.1 Å². The molecule has 7 heteroatoms. The number of hydrogen-bond donors (Lipinski definition) is 1. The van der Waals surface area contributed by atoms with E-state index in [2.05, 4.69) is 4.98 Å². The van der Waals surface area contributed by atoms with Crippen LogP contribution in [0.4, 0.5) is 0 Å². The van der Waals surface area contributed by atoms with Crippen molar-refractivity contribution in [2.75, 3.05) is 21.3 Å². The summed E-state index contributed by atoms with van der Waals surface area (Å²) >= 11 is 0. The van der Waals surface area contributed by atoms with Gasteiger partial charge >= 0.3 is 5.97 Å². The van der Waals surface area contributed by atoms with Crippen molar-refractivity contribution in [1.82, 2.24) is 4.98 Å². The molecule has 2 aromatic carbocycles. The molecule has 3 aromatic rings. The Morgan fingerprint density at radius 2 is 1.61 bits per heavy atom. The van der Waals surface area contributed by atoms with E-state index in [1.54, 1.807) is 13.1 Å². The van der Waals surface area contributed by atoms with Gasteiger partial charge < -0.3 is 23.9 Å². The first kappa shape index (κ1) is 19.3. The van der Waals surface area contributed by atoms with Crippen molar-refractivity contribution in [2.24, 2.45) is 0 Å². The first-order valence-electron chi connectivity index (χ1n) is 8.61. The Morgan fingerprint density at radius 1 is 0.964 bits per heavy atom. The molecule has 0 spiro atoms. The highest BCUT2D eigenvalue weighted by atomic mass is 16.5. The zero-order valence-electron chi connectivity index (χ0n) is 16.1. The van der Waals surface area contributed by atoms with Gasteiger partial charge in [-0.2, -0.15) is 0 Å². The van der Waals surface area contributed by atoms with Gasteiger partial charge in [0.15, 0.2) is 17.6 Å². The number of esters is 1. The Morgan fingerprint density at radius 3 is 2.21 bits per heavy atom. The molecular weight excluding hydrogens is 362 g/mol. The van der Waals surface area contributed by atoms with Gasteiger partial charge in [0.05, 0.1) is 26.9 Å². The van der Waals surface area contributed by atoms with Crippen LogP contribution in [0, 0.1) is 0 Å². The van der Waals surface area contributed by atoms with Crippen molar-refractivity contribution in [2.45, 2.75) is 13.0 Å². The van der Waals surface area contributed by atoms with Crippen LogP contribution in [0.2, 0.25) is 0 Å². The fraction of sp³-hybridized carbons (Fsp3) is 0.238. The maximum atomic E-state index is 12.8. The predicted molar refractivity (Wildman–Crippen MR) is 104 cm³/mol. The molecule has 1 aromatic heterocycles. The third kappa shape index (κ3) is 3.51. The van der Waals surface area contributed by atoms with E-state index in [9.17, 15) is 9.59 Å². The summed E-state index contributed by atoms with van der Waals surface area (Å²) < 4.78 is 21.1. The molecule has 0 amide bonds. The molecule has 1 unspecified atom stereocenters. The van der Waals surface area contributed by atoms with Crippen LogP contribution in [0.25, 0.3) is 10.9 Å². The average Bonchev–Trinajstić information content (AvgIpc) is 3.15. The number of carbonyl (C=O) groups excluding carboxylic acids is 2. The summed E-state index contributed by atoms with van der Waals surface area (Å²) in [5.74, 6) is 0.0523. The molecule has 0 aliphatic carbocycles. The zero-order valence-corrected chi connectivity index (χ0v) is 16.1. The number of ketones is 1. The van der Waals surface area contributed by atoms with Gasteiger partial charge in [0.25, 0.3) is 0 Å². The lowest BCUT2D eigenvalue weighted by Crippen LogP contribution is -2.24. The molecule has 1 N–H and O–H groups in total. The van der Waals surface area contributed by atoms with E-state index in [4.69, 9.17) is 18.9 Å². The van der Waals surface area contributed by atoms with Crippen LogP contribution >= 0.6 is 0 Å². The number of rotatable bonds is 7. The van der Waals surface area contributed by atoms with Crippen LogP contribution in [-0.2, 0) is 4.74 Å². The van der Waals surface area contributed by atoms with E-state index < -0.39 is 12.1 Å². The summed E-state index contributed by atoms with van der Waals surface area (Å²) in [5, 5.41) is 0.781. The zero-order chi connectivity index (χ0) is 20.3. The van der Waals surface area contributed by atoms with E-state index in [0.29, 0.717) is 22.8 Å². The van der Waals surface area contributed by atoms with Crippen molar-refractivity contribution in [3.05, 3.63) is 53.7 Å². The molecule has 0 radical (unpaired) electrons. The normalized spacial score (nSPS) is 11.7. The van der Waals surface area contributed by atoms with E-state index in [1.807, 2.05) is 24.3 Å². The highest BCUT2D eigenvalue weighted by molar-refractivity contribution is 6.10. The summed E-state index contributed by atoms with van der Waals surface area (Å²) in [7, 11) is 4.38. The lowest BCUT2D eigenvalue weighted by Gasteiger charge is -2.15. The molecule has 3 rings (SSSR count). The van der Waals surface area contributed by atoms with Crippen molar-refractivity contribution in [3.63, 3.8) is 0 Å². The van der Waals surface area contributed by atoms with Crippen LogP contribution < -0.4 is 14.2 Å². The number of aromatic nitrogens is 1. The van der Waals surface area contributed by atoms with E-state index in [-0.39, 0.29) is 11.3 Å². The van der Waals surface area contributed by atoms with Crippen LogP contribution in [0.15, 0.2) is 42.6 Å². The minimum absolute atomic E-state index is 0.188. The summed E-state index contributed by atoms with van der Waals surface area (Å²) in [6.45, 7) is 1.54. The lowest BCUT2D eigenvalue weighted by atomic mass is 10.1. The fourth-order valence-electron chi connectivity index (χ4n) is 2.98. The number of benzene rings is 2. The third-order valence-electron chi connectivity index (χ3n) is 4.41. The predicted octanol–water partition coefficient (Wildman–Crippen LogP) is 3.62. The van der Waals surface area contributed by atoms with Gasteiger partial charge in [-0.25, -0.2) is 4.79 Å². The van der Waals surface area contributed by atoms with E-state index >= 15 is 0 Å². The van der Waals surface area contributed by atoms with Crippen LogP contribution in [0.3, 0.4) is 0 Å². The van der Waals surface area contributed by atoms with Crippen LogP contribution in [0.1, 0.15) is 27.6 Å². The van der Waals surface area contributed by atoms with Crippen molar-refractivity contribution in [1.29, 1.82) is 0 Å². The molecular formula is C21H21NO6. The molecule has 28 heavy (non-hydrogen) atoms. The Balaban J connectivity index is 1.83. The van der Waals surface area contributed by atoms with Crippen molar-refractivity contribution >= 4 is 22.7 Å². The van der Waals surface area contributed by atoms with Gasteiger partial charge in [0, 0.05) is 22.7 Å². The Bertz CT molecular complexity index is 998. The molecule has 0 saturated heterocycles. The van der Waals surface area contributed by atoms with Crippen molar-refractivity contribution in [3.8, 4) is 17.2 Å². The number of methoxy groups -OCH3 is 3. The second-order valence-electron chi connectivity index (χ2n) is 6.07. The number of aromatic amines is 1. The van der Waals surface area contributed by atoms with Gasteiger partial charge in [0.1, 0.15) is 0 Å². The summed E-state index contributed by atoms with van der Waals surface area (Å²) in [4.78, 5) is 28.4. The van der Waals surface area contributed by atoms with Gasteiger partial charge in [-0.3, -0.25) is 4.79 Å². The molecule has 0 saturated carbocycles. The van der Waals surface area contributed by atoms with Crippen molar-refractivity contribution < 1.29 is 28.5 Å². The van der Waals surface area contributed by atoms with E-state index in [0.717, 1.165) is 10.9 Å². The topological polar surface area (TPSA) is 86.9 Å². The minimum atomic E-state index is -0.967. The number of fused-ring (bicyclic) bond motifs is 1. The fourth-order valence-corrected chi connectivity index (χ4v) is 2.98. The second kappa shape index (κ2) is 8.04. The van der Waals surface area contributed by atoms with Crippen LogP contribution in [-0.4, -0.2) is 44.2 Å². The monoisotopic (exact) mass is 383 g/mol. The second-order valence-corrected chi connectivity index (χ2v) is 6.07. The summed E-state index contributed by atoms with van der Waals surface area (Å²) in [6.07, 6.45) is 0.655. The number of para-hydroxylation sites is 1. The number of H-pyrrole nitrogens is 1. The first-order valence-corrected chi connectivity index (χ1v) is 8.61. The third-order valence-corrected chi connectivity index (χ3v) is 4.41. The van der Waals surface area contributed by atoms with Gasteiger partial charge in [-0.1, -0.05) is 18.2 Å². The highest BCUT2D eigenvalue weighted by Crippen LogP contribution is 2.38. The standard InChI is InChI=1S/C21H21NO6/c1-12(19(23)15-11-22-16-8-6-5-7-14(15)16)28-21(24)13-9-17(25-2)20(27-4)18(10-13)26-3/h5-12,22H,1-4H3. The first-order chi connectivity index (χ1) is 13.5. The maximum Gasteiger partial charge on any atom is 0.339 e. The molecule has 7 nitrogen and oxygen atoms in total. The largest absolute Gasteiger partial charge is 0.493 e.